The number of allylic oxidation sites excluding steroid dienone is 1. The normalized spacial score (nSPS) is 16.5. The molecule has 0 saturated heterocycles. The molecule has 2 fully saturated rings. The van der Waals surface area contributed by atoms with E-state index in [9.17, 15) is 4.79 Å². The van der Waals surface area contributed by atoms with E-state index in [0.717, 1.165) is 47.1 Å². The second kappa shape index (κ2) is 10.8. The predicted molar refractivity (Wildman–Crippen MR) is 125 cm³/mol. The number of ketones is 1. The molecule has 2 aromatic heterocycles. The number of Topliss-reactive ketones (excluding diaryl/α,β-unsaturated/α-hetero) is 1. The van der Waals surface area contributed by atoms with Crippen molar-refractivity contribution in [1.29, 1.82) is 10.5 Å². The van der Waals surface area contributed by atoms with E-state index in [0.29, 0.717) is 5.69 Å². The van der Waals surface area contributed by atoms with Crippen LogP contribution in [0.15, 0.2) is 43.2 Å². The van der Waals surface area contributed by atoms with Crippen LogP contribution < -0.4 is 0 Å². The molecule has 2 heterocycles. The molecule has 0 aromatic carbocycles. The monoisotopic (exact) mass is 426 g/mol. The second-order valence-corrected chi connectivity index (χ2v) is 9.01. The first-order valence-electron chi connectivity index (χ1n) is 11.3. The van der Waals surface area contributed by atoms with Crippen molar-refractivity contribution in [2.75, 3.05) is 0 Å². The Kier molecular flexibility index (Phi) is 7.90. The number of aromatic nitrogens is 2. The average Bonchev–Trinajstić information content (AvgIpc) is 3.73. The highest BCUT2D eigenvalue weighted by Gasteiger charge is 2.27. The number of carbonyl (C=O) groups is 1. The molecule has 0 amide bonds. The summed E-state index contributed by atoms with van der Waals surface area (Å²) in [5, 5.41) is 18.2. The molecular formula is C27H30N4O. The summed E-state index contributed by atoms with van der Waals surface area (Å²) in [4.78, 5) is 19.5. The largest absolute Gasteiger partial charge is 0.293 e. The lowest BCUT2D eigenvalue weighted by molar-refractivity contribution is 0.101. The van der Waals surface area contributed by atoms with Gasteiger partial charge in [-0.25, -0.2) is 0 Å². The molecule has 0 bridgehead atoms. The van der Waals surface area contributed by atoms with Crippen LogP contribution in [-0.2, 0) is 0 Å². The minimum atomic E-state index is -0.0685. The van der Waals surface area contributed by atoms with Crippen LogP contribution in [0.25, 0.3) is 5.57 Å². The van der Waals surface area contributed by atoms with Crippen molar-refractivity contribution in [3.8, 4) is 12.1 Å². The molecule has 2 saturated carbocycles. The van der Waals surface area contributed by atoms with E-state index < -0.39 is 0 Å². The van der Waals surface area contributed by atoms with Gasteiger partial charge < -0.3 is 0 Å². The molecular weight excluding hydrogens is 396 g/mol. The third kappa shape index (κ3) is 6.86. The lowest BCUT2D eigenvalue weighted by atomic mass is 9.96. The van der Waals surface area contributed by atoms with E-state index in [1.807, 2.05) is 31.3 Å². The van der Waals surface area contributed by atoms with Crippen molar-refractivity contribution in [1.82, 2.24) is 9.97 Å². The van der Waals surface area contributed by atoms with Gasteiger partial charge in [0.1, 0.15) is 5.69 Å². The highest BCUT2D eigenvalue weighted by molar-refractivity contribution is 5.92. The molecule has 2 aromatic rings. The first-order valence-corrected chi connectivity index (χ1v) is 11.3. The van der Waals surface area contributed by atoms with Crippen LogP contribution >= 0.6 is 0 Å². The van der Waals surface area contributed by atoms with Crippen molar-refractivity contribution in [2.24, 2.45) is 11.8 Å². The zero-order valence-electron chi connectivity index (χ0n) is 18.9. The van der Waals surface area contributed by atoms with Crippen LogP contribution in [0.3, 0.4) is 0 Å². The molecule has 5 nitrogen and oxygen atoms in total. The maximum absolute atomic E-state index is 11.1. The summed E-state index contributed by atoms with van der Waals surface area (Å²) in [5.74, 6) is 1.39. The highest BCUT2D eigenvalue weighted by Crippen LogP contribution is 2.39. The highest BCUT2D eigenvalue weighted by atomic mass is 16.1. The van der Waals surface area contributed by atoms with Crippen molar-refractivity contribution in [3.05, 3.63) is 65.8 Å². The predicted octanol–water partition coefficient (Wildman–Crippen LogP) is 6.21. The molecule has 0 spiro atoms. The van der Waals surface area contributed by atoms with Crippen LogP contribution in [0.1, 0.15) is 91.5 Å². The lowest BCUT2D eigenvalue weighted by Crippen LogP contribution is -2.01. The minimum Gasteiger partial charge on any atom is -0.293 e. The van der Waals surface area contributed by atoms with Gasteiger partial charge in [0.05, 0.1) is 29.7 Å². The molecule has 4 rings (SSSR count). The van der Waals surface area contributed by atoms with Gasteiger partial charge in [-0.15, -0.1) is 0 Å². The Hall–Kier alpha value is -3.31. The molecule has 2 aliphatic rings. The van der Waals surface area contributed by atoms with Crippen LogP contribution in [0.2, 0.25) is 0 Å². The number of pyridine rings is 2. The fourth-order valence-electron chi connectivity index (χ4n) is 3.58. The van der Waals surface area contributed by atoms with Crippen LogP contribution in [0.5, 0.6) is 0 Å². The number of hydrogen-bond donors (Lipinski definition) is 0. The van der Waals surface area contributed by atoms with Gasteiger partial charge in [0.25, 0.3) is 0 Å². The topological polar surface area (TPSA) is 90.4 Å². The van der Waals surface area contributed by atoms with Crippen molar-refractivity contribution in [2.45, 2.75) is 64.2 Å². The first-order chi connectivity index (χ1) is 15.4. The number of nitrogens with zero attached hydrogens (tertiary/aromatic N) is 4. The number of hydrogen-bond acceptors (Lipinski definition) is 5. The maximum Gasteiger partial charge on any atom is 0.178 e. The van der Waals surface area contributed by atoms with Gasteiger partial charge in [-0.05, 0) is 60.4 Å². The Morgan fingerprint density at radius 3 is 1.62 bits per heavy atom. The summed E-state index contributed by atoms with van der Waals surface area (Å²) >= 11 is 0. The third-order valence-corrected chi connectivity index (χ3v) is 6.02. The lowest BCUT2D eigenvalue weighted by Gasteiger charge is -2.08. The second-order valence-electron chi connectivity index (χ2n) is 9.01. The van der Waals surface area contributed by atoms with E-state index in [2.05, 4.69) is 28.7 Å². The molecule has 5 heteroatoms. The van der Waals surface area contributed by atoms with E-state index in [1.165, 1.54) is 32.6 Å². The summed E-state index contributed by atoms with van der Waals surface area (Å²) in [6.45, 7) is 7.28. The standard InChI is InChI=1S/C14H16N2.C13H14N2O/c1-10(2)14-6-5-12(9-16-14)13(8-15)7-11-3-4-11;1-9(16)13-5-4-11(8-15-13)12(7-14)6-10-2-3-10/h5-6,9,11,13H,1,3-4,7H2,2H3;4-5,8,10,12H,2-3,6H2,1H3. The van der Waals surface area contributed by atoms with Gasteiger partial charge in [0, 0.05) is 19.3 Å². The van der Waals surface area contributed by atoms with E-state index in [-0.39, 0.29) is 17.6 Å². The fourth-order valence-corrected chi connectivity index (χ4v) is 3.58. The summed E-state index contributed by atoms with van der Waals surface area (Å²) < 4.78 is 0. The van der Waals surface area contributed by atoms with Crippen molar-refractivity contribution in [3.63, 3.8) is 0 Å². The van der Waals surface area contributed by atoms with Gasteiger partial charge in [0.15, 0.2) is 5.78 Å². The van der Waals surface area contributed by atoms with Crippen LogP contribution in [0, 0.1) is 34.5 Å². The Morgan fingerprint density at radius 2 is 1.34 bits per heavy atom. The Bertz CT molecular complexity index is 934. The van der Waals surface area contributed by atoms with E-state index in [4.69, 9.17) is 10.5 Å². The smallest absolute Gasteiger partial charge is 0.178 e. The number of nitriles is 2. The zero-order chi connectivity index (χ0) is 23.1. The van der Waals surface area contributed by atoms with Gasteiger partial charge in [-0.2, -0.15) is 10.5 Å². The molecule has 164 valence electrons. The molecule has 32 heavy (non-hydrogen) atoms. The maximum atomic E-state index is 11.1. The third-order valence-electron chi connectivity index (χ3n) is 6.02. The van der Waals surface area contributed by atoms with E-state index in [1.54, 1.807) is 12.3 Å². The van der Waals surface area contributed by atoms with Crippen molar-refractivity contribution >= 4 is 11.4 Å². The minimum absolute atomic E-state index is 0.0131. The van der Waals surface area contributed by atoms with E-state index >= 15 is 0 Å². The van der Waals surface area contributed by atoms with Gasteiger partial charge in [-0.1, -0.05) is 44.4 Å². The molecule has 2 unspecified atom stereocenters. The zero-order valence-corrected chi connectivity index (χ0v) is 18.9. The molecule has 0 radical (unpaired) electrons. The quantitative estimate of drug-likeness (QED) is 0.468. The van der Waals surface area contributed by atoms with Crippen LogP contribution in [0.4, 0.5) is 0 Å². The Morgan fingerprint density at radius 1 is 0.906 bits per heavy atom. The average molecular weight is 427 g/mol. The number of rotatable bonds is 8. The first kappa shape index (κ1) is 23.4. The van der Waals surface area contributed by atoms with Gasteiger partial charge in [-0.3, -0.25) is 14.8 Å². The summed E-state index contributed by atoms with van der Waals surface area (Å²) in [6.07, 6.45) is 10.5. The molecule has 0 aliphatic heterocycles. The number of carbonyl (C=O) groups excluding carboxylic acids is 1. The SMILES string of the molecule is C=C(C)c1ccc(C(C#N)CC2CC2)cn1.CC(=O)c1ccc(C(C#N)CC2CC2)cn1. The summed E-state index contributed by atoms with van der Waals surface area (Å²) in [6, 6.07) is 12.2. The fraction of sp³-hybridized carbons (Fsp3) is 0.444. The summed E-state index contributed by atoms with van der Waals surface area (Å²) in [7, 11) is 0. The van der Waals surface area contributed by atoms with Crippen molar-refractivity contribution < 1.29 is 4.79 Å². The molecule has 2 atom stereocenters. The Balaban J connectivity index is 0.000000181. The Labute approximate surface area is 190 Å². The van der Waals surface area contributed by atoms with Gasteiger partial charge in [0.2, 0.25) is 0 Å². The molecule has 0 N–H and O–H groups in total. The molecule has 2 aliphatic carbocycles. The van der Waals surface area contributed by atoms with Crippen LogP contribution in [-0.4, -0.2) is 15.8 Å². The summed E-state index contributed by atoms with van der Waals surface area (Å²) in [5.41, 5.74) is 4.31. The van der Waals surface area contributed by atoms with Gasteiger partial charge >= 0.3 is 0 Å².